The van der Waals surface area contributed by atoms with Crippen molar-refractivity contribution in [1.29, 1.82) is 0 Å². The molecule has 0 aliphatic heterocycles. The molecule has 0 fully saturated rings. The van der Waals surface area contributed by atoms with Gasteiger partial charge in [0.05, 0.1) is 16.8 Å². The minimum atomic E-state index is -0.404. The molecular formula is C18H21N5O2. The van der Waals surface area contributed by atoms with Gasteiger partial charge in [0.25, 0.3) is 0 Å². The molecule has 2 heterocycles. The van der Waals surface area contributed by atoms with Crippen molar-refractivity contribution < 1.29 is 9.53 Å². The molecule has 0 N–H and O–H groups in total. The maximum Gasteiger partial charge on any atom is 0.340 e. The Morgan fingerprint density at radius 3 is 2.84 bits per heavy atom. The first-order valence-corrected chi connectivity index (χ1v) is 8.40. The van der Waals surface area contributed by atoms with E-state index < -0.39 is 5.97 Å². The van der Waals surface area contributed by atoms with Crippen LogP contribution < -0.4 is 0 Å². The summed E-state index contributed by atoms with van der Waals surface area (Å²) in [5.74, 6) is 0.143. The van der Waals surface area contributed by atoms with E-state index in [-0.39, 0.29) is 6.61 Å². The van der Waals surface area contributed by atoms with Gasteiger partial charge in [-0.15, -0.1) is 5.10 Å². The van der Waals surface area contributed by atoms with E-state index in [1.54, 1.807) is 4.68 Å². The van der Waals surface area contributed by atoms with Crippen LogP contribution in [0.25, 0.3) is 10.9 Å². The quantitative estimate of drug-likeness (QED) is 0.642. The molecule has 7 heteroatoms. The Morgan fingerprint density at radius 1 is 1.24 bits per heavy atom. The number of carbonyl (C=O) groups excluding carboxylic acids is 1. The number of hydrogen-bond donors (Lipinski definition) is 0. The third-order valence-corrected chi connectivity index (χ3v) is 4.20. The number of aromatic nitrogens is 5. The van der Waals surface area contributed by atoms with Gasteiger partial charge in [-0.25, -0.2) is 9.48 Å². The molecule has 0 amide bonds. The summed E-state index contributed by atoms with van der Waals surface area (Å²) in [4.78, 5) is 17.1. The van der Waals surface area contributed by atoms with Crippen LogP contribution in [-0.2, 0) is 17.9 Å². The fourth-order valence-corrected chi connectivity index (χ4v) is 2.84. The maximum atomic E-state index is 12.6. The third-order valence-electron chi connectivity index (χ3n) is 4.20. The number of esters is 1. The zero-order chi connectivity index (χ0) is 17.8. The van der Waals surface area contributed by atoms with Gasteiger partial charge in [-0.2, -0.15) is 0 Å². The van der Waals surface area contributed by atoms with Gasteiger partial charge in [-0.1, -0.05) is 31.5 Å². The summed E-state index contributed by atoms with van der Waals surface area (Å²) < 4.78 is 7.14. The van der Waals surface area contributed by atoms with E-state index in [4.69, 9.17) is 4.74 Å². The molecule has 0 aliphatic rings. The number of benzene rings is 1. The van der Waals surface area contributed by atoms with Crippen molar-refractivity contribution in [1.82, 2.24) is 25.2 Å². The van der Waals surface area contributed by atoms with E-state index in [0.717, 1.165) is 29.3 Å². The van der Waals surface area contributed by atoms with Crippen molar-refractivity contribution in [2.45, 2.75) is 46.8 Å². The molecule has 25 heavy (non-hydrogen) atoms. The summed E-state index contributed by atoms with van der Waals surface area (Å²) in [6.07, 6.45) is 2.01. The predicted molar refractivity (Wildman–Crippen MR) is 93.1 cm³/mol. The number of ether oxygens (including phenoxy) is 1. The number of aryl methyl sites for hydroxylation is 3. The van der Waals surface area contributed by atoms with Crippen LogP contribution in [0, 0.1) is 13.8 Å². The molecule has 1 aromatic carbocycles. The fraction of sp³-hybridized carbons (Fsp3) is 0.389. The lowest BCUT2D eigenvalue weighted by molar-refractivity contribution is 0.0454. The number of nitrogens with zero attached hydrogens (tertiary/aromatic N) is 5. The highest BCUT2D eigenvalue weighted by molar-refractivity contribution is 5.98. The lowest BCUT2D eigenvalue weighted by Gasteiger charge is -2.12. The number of tetrazole rings is 1. The zero-order valence-electron chi connectivity index (χ0n) is 14.7. The van der Waals surface area contributed by atoms with Gasteiger partial charge in [0.1, 0.15) is 0 Å². The molecule has 3 aromatic rings. The van der Waals surface area contributed by atoms with Crippen LogP contribution in [0.15, 0.2) is 24.3 Å². The van der Waals surface area contributed by atoms with E-state index in [1.165, 1.54) is 0 Å². The SMILES string of the molecule is CCCCn1nnnc1COC(=O)c1c(C)nc2ccccc2c1C. The highest BCUT2D eigenvalue weighted by Gasteiger charge is 2.19. The summed E-state index contributed by atoms with van der Waals surface area (Å²) in [5, 5.41) is 12.5. The molecule has 7 nitrogen and oxygen atoms in total. The number of carbonyl (C=O) groups is 1. The Hall–Kier alpha value is -2.83. The zero-order valence-corrected chi connectivity index (χ0v) is 14.7. The average molecular weight is 339 g/mol. The second kappa shape index (κ2) is 7.38. The molecule has 0 radical (unpaired) electrons. The Labute approximate surface area is 146 Å². The van der Waals surface area contributed by atoms with Gasteiger partial charge in [0, 0.05) is 11.9 Å². The predicted octanol–water partition coefficient (Wildman–Crippen LogP) is 3.00. The van der Waals surface area contributed by atoms with Gasteiger partial charge in [-0.05, 0) is 42.3 Å². The number of hydrogen-bond acceptors (Lipinski definition) is 6. The molecular weight excluding hydrogens is 318 g/mol. The molecule has 0 saturated heterocycles. The van der Waals surface area contributed by atoms with E-state index in [2.05, 4.69) is 27.4 Å². The topological polar surface area (TPSA) is 82.8 Å². The van der Waals surface area contributed by atoms with Crippen molar-refractivity contribution >= 4 is 16.9 Å². The summed E-state index contributed by atoms with van der Waals surface area (Å²) in [5.41, 5.74) is 2.91. The maximum absolute atomic E-state index is 12.6. The molecule has 0 saturated carbocycles. The molecule has 3 rings (SSSR count). The van der Waals surface area contributed by atoms with Crippen LogP contribution in [-0.4, -0.2) is 31.2 Å². The van der Waals surface area contributed by atoms with Crippen molar-refractivity contribution in [2.75, 3.05) is 0 Å². The fourth-order valence-electron chi connectivity index (χ4n) is 2.84. The second-order valence-electron chi connectivity index (χ2n) is 5.96. The van der Waals surface area contributed by atoms with Gasteiger partial charge in [0.15, 0.2) is 12.4 Å². The minimum absolute atomic E-state index is 0.0429. The van der Waals surface area contributed by atoms with Crippen LogP contribution in [0.1, 0.15) is 47.2 Å². The number of unbranched alkanes of at least 4 members (excludes halogenated alkanes) is 1. The van der Waals surface area contributed by atoms with Gasteiger partial charge in [0.2, 0.25) is 0 Å². The van der Waals surface area contributed by atoms with E-state index in [9.17, 15) is 4.79 Å². The smallest absolute Gasteiger partial charge is 0.340 e. The molecule has 0 atom stereocenters. The number of pyridine rings is 1. The first kappa shape index (κ1) is 17.0. The van der Waals surface area contributed by atoms with Crippen LogP contribution in [0.4, 0.5) is 0 Å². The summed E-state index contributed by atoms with van der Waals surface area (Å²) >= 11 is 0. The summed E-state index contributed by atoms with van der Waals surface area (Å²) in [6.45, 7) is 6.59. The van der Waals surface area contributed by atoms with E-state index in [0.29, 0.717) is 23.6 Å². The Bertz CT molecular complexity index is 904. The highest BCUT2D eigenvalue weighted by Crippen LogP contribution is 2.23. The van der Waals surface area contributed by atoms with Crippen LogP contribution >= 0.6 is 0 Å². The van der Waals surface area contributed by atoms with E-state index >= 15 is 0 Å². The summed E-state index contributed by atoms with van der Waals surface area (Å²) in [7, 11) is 0. The van der Waals surface area contributed by atoms with Gasteiger partial charge < -0.3 is 4.74 Å². The molecule has 0 spiro atoms. The molecule has 0 aliphatic carbocycles. The number of para-hydroxylation sites is 1. The summed E-state index contributed by atoms with van der Waals surface area (Å²) in [6, 6.07) is 7.76. The Kier molecular flexibility index (Phi) is 5.02. The van der Waals surface area contributed by atoms with Crippen LogP contribution in [0.3, 0.4) is 0 Å². The Balaban J connectivity index is 1.80. The second-order valence-corrected chi connectivity index (χ2v) is 5.96. The largest absolute Gasteiger partial charge is 0.454 e. The first-order chi connectivity index (χ1) is 12.1. The van der Waals surface area contributed by atoms with Crippen molar-refractivity contribution in [3.05, 3.63) is 46.9 Å². The standard InChI is InChI=1S/C18H21N5O2/c1-4-5-10-23-16(20-21-22-23)11-25-18(24)17-12(2)14-8-6-7-9-15(14)19-13(17)3/h6-9H,4-5,10-11H2,1-3H3. The average Bonchev–Trinajstić information content (AvgIpc) is 3.05. The van der Waals surface area contributed by atoms with Crippen molar-refractivity contribution in [3.63, 3.8) is 0 Å². The van der Waals surface area contributed by atoms with Gasteiger partial charge >= 0.3 is 5.97 Å². The van der Waals surface area contributed by atoms with E-state index in [1.807, 2.05) is 38.1 Å². The lowest BCUT2D eigenvalue weighted by Crippen LogP contribution is -2.14. The van der Waals surface area contributed by atoms with Crippen molar-refractivity contribution in [3.8, 4) is 0 Å². The minimum Gasteiger partial charge on any atom is -0.454 e. The highest BCUT2D eigenvalue weighted by atomic mass is 16.5. The monoisotopic (exact) mass is 339 g/mol. The van der Waals surface area contributed by atoms with Crippen LogP contribution in [0.2, 0.25) is 0 Å². The lowest BCUT2D eigenvalue weighted by atomic mass is 10.0. The number of fused-ring (bicyclic) bond motifs is 1. The first-order valence-electron chi connectivity index (χ1n) is 8.40. The molecule has 0 bridgehead atoms. The normalized spacial score (nSPS) is 11.0. The Morgan fingerprint density at radius 2 is 2.04 bits per heavy atom. The van der Waals surface area contributed by atoms with Crippen LogP contribution in [0.5, 0.6) is 0 Å². The molecule has 130 valence electrons. The number of rotatable bonds is 6. The molecule has 2 aromatic heterocycles. The van der Waals surface area contributed by atoms with Gasteiger partial charge in [-0.3, -0.25) is 4.98 Å². The third kappa shape index (κ3) is 3.50. The molecule has 0 unspecified atom stereocenters. The van der Waals surface area contributed by atoms with Crippen molar-refractivity contribution in [2.24, 2.45) is 0 Å².